The maximum atomic E-state index is 11.9. The van der Waals surface area contributed by atoms with Gasteiger partial charge in [-0.15, -0.1) is 0 Å². The quantitative estimate of drug-likeness (QED) is 0.719. The lowest BCUT2D eigenvalue weighted by Gasteiger charge is -2.08. The summed E-state index contributed by atoms with van der Waals surface area (Å²) in [5.41, 5.74) is 0. The number of nitrogens with one attached hydrogen (secondary N) is 2. The average Bonchev–Trinajstić information content (AvgIpc) is 2.41. The van der Waals surface area contributed by atoms with Gasteiger partial charge in [-0.05, 0) is 24.6 Å². The molecule has 112 valence electrons. The lowest BCUT2D eigenvalue weighted by atomic mass is 10.2. The van der Waals surface area contributed by atoms with Crippen molar-refractivity contribution in [1.29, 1.82) is 0 Å². The first kappa shape index (κ1) is 16.9. The normalized spacial score (nSPS) is 11.3. The van der Waals surface area contributed by atoms with Crippen molar-refractivity contribution < 1.29 is 13.2 Å². The summed E-state index contributed by atoms with van der Waals surface area (Å²) in [5, 5.41) is 2.99. The van der Waals surface area contributed by atoms with Crippen molar-refractivity contribution in [2.45, 2.75) is 31.1 Å². The number of rotatable bonds is 8. The molecule has 1 aromatic carbocycles. The van der Waals surface area contributed by atoms with Crippen LogP contribution < -0.4 is 10.0 Å². The maximum absolute atomic E-state index is 11.9. The largest absolute Gasteiger partial charge is 0.355 e. The topological polar surface area (TPSA) is 75.3 Å². The third kappa shape index (κ3) is 5.90. The summed E-state index contributed by atoms with van der Waals surface area (Å²) < 4.78 is 26.1. The van der Waals surface area contributed by atoms with Crippen molar-refractivity contribution in [2.75, 3.05) is 13.1 Å². The lowest BCUT2D eigenvalue weighted by Crippen LogP contribution is -2.37. The van der Waals surface area contributed by atoms with Gasteiger partial charge in [-0.2, -0.15) is 0 Å². The molecule has 1 rings (SSSR count). The highest BCUT2D eigenvalue weighted by molar-refractivity contribution is 7.89. The van der Waals surface area contributed by atoms with Gasteiger partial charge in [-0.25, -0.2) is 13.1 Å². The van der Waals surface area contributed by atoms with Crippen LogP contribution in [-0.4, -0.2) is 27.4 Å². The molecule has 0 aromatic heterocycles. The molecule has 0 heterocycles. The van der Waals surface area contributed by atoms with Crippen LogP contribution in [0, 0.1) is 0 Å². The smallest absolute Gasteiger partial charge is 0.241 e. The molecule has 0 atom stereocenters. The van der Waals surface area contributed by atoms with Gasteiger partial charge in [0.25, 0.3) is 0 Å². The number of hydrogen-bond acceptors (Lipinski definition) is 3. The third-order valence-corrected chi connectivity index (χ3v) is 4.27. The number of amides is 1. The van der Waals surface area contributed by atoms with E-state index < -0.39 is 10.0 Å². The van der Waals surface area contributed by atoms with Crippen LogP contribution >= 0.6 is 11.6 Å². The molecule has 2 N–H and O–H groups in total. The zero-order chi connectivity index (χ0) is 15.0. The molecule has 0 aliphatic carbocycles. The van der Waals surface area contributed by atoms with Crippen LogP contribution in [0.2, 0.25) is 5.02 Å². The predicted molar refractivity (Wildman–Crippen MR) is 79.2 cm³/mol. The molecule has 0 aliphatic rings. The molecule has 0 saturated carbocycles. The van der Waals surface area contributed by atoms with Gasteiger partial charge in [0, 0.05) is 11.6 Å². The first-order valence-electron chi connectivity index (χ1n) is 6.47. The Labute approximate surface area is 124 Å². The molecule has 7 heteroatoms. The Morgan fingerprint density at radius 2 is 2.05 bits per heavy atom. The molecule has 0 spiro atoms. The van der Waals surface area contributed by atoms with Gasteiger partial charge in [0.2, 0.25) is 15.9 Å². The second-order valence-electron chi connectivity index (χ2n) is 4.34. The van der Waals surface area contributed by atoms with Gasteiger partial charge in [0.05, 0.1) is 11.4 Å². The van der Waals surface area contributed by atoms with Gasteiger partial charge in [0.15, 0.2) is 0 Å². The Morgan fingerprint density at radius 3 is 2.70 bits per heavy atom. The minimum Gasteiger partial charge on any atom is -0.355 e. The highest BCUT2D eigenvalue weighted by atomic mass is 35.5. The Balaban J connectivity index is 2.46. The molecular formula is C13H19ClN2O3S. The summed E-state index contributed by atoms with van der Waals surface area (Å²) in [6, 6.07) is 5.89. The minimum absolute atomic E-state index is 0.0452. The first-order valence-corrected chi connectivity index (χ1v) is 8.33. The highest BCUT2D eigenvalue weighted by Crippen LogP contribution is 2.14. The predicted octanol–water partition coefficient (Wildman–Crippen LogP) is 1.92. The van der Waals surface area contributed by atoms with Gasteiger partial charge in [-0.1, -0.05) is 37.4 Å². The SMILES string of the molecule is CCCCCNC(=O)CNS(=O)(=O)c1cccc(Cl)c1. The Hall–Kier alpha value is -1.11. The van der Waals surface area contributed by atoms with E-state index in [1.165, 1.54) is 12.1 Å². The van der Waals surface area contributed by atoms with Crippen LogP contribution in [0.5, 0.6) is 0 Å². The van der Waals surface area contributed by atoms with E-state index in [0.717, 1.165) is 19.3 Å². The fraction of sp³-hybridized carbons (Fsp3) is 0.462. The van der Waals surface area contributed by atoms with Crippen LogP contribution in [0.3, 0.4) is 0 Å². The second kappa shape index (κ2) is 8.24. The second-order valence-corrected chi connectivity index (χ2v) is 6.54. The van der Waals surface area contributed by atoms with Gasteiger partial charge in [-0.3, -0.25) is 4.79 Å². The Morgan fingerprint density at radius 1 is 1.30 bits per heavy atom. The number of carbonyl (C=O) groups is 1. The molecule has 20 heavy (non-hydrogen) atoms. The van der Waals surface area contributed by atoms with E-state index >= 15 is 0 Å². The monoisotopic (exact) mass is 318 g/mol. The standard InChI is InChI=1S/C13H19ClN2O3S/c1-2-3-4-8-15-13(17)10-16-20(18,19)12-7-5-6-11(14)9-12/h5-7,9,16H,2-4,8,10H2,1H3,(H,15,17). The van der Waals surface area contributed by atoms with Crippen molar-refractivity contribution >= 4 is 27.5 Å². The van der Waals surface area contributed by atoms with Crippen LogP contribution in [-0.2, 0) is 14.8 Å². The van der Waals surface area contributed by atoms with E-state index in [1.807, 2.05) is 0 Å². The molecule has 0 bridgehead atoms. The Bertz CT molecular complexity index is 546. The van der Waals surface area contributed by atoms with E-state index in [0.29, 0.717) is 11.6 Å². The molecule has 1 amide bonds. The molecule has 0 saturated heterocycles. The zero-order valence-corrected chi connectivity index (χ0v) is 12.9. The van der Waals surface area contributed by atoms with Crippen molar-refractivity contribution in [3.05, 3.63) is 29.3 Å². The summed E-state index contributed by atoms with van der Waals surface area (Å²) >= 11 is 5.74. The van der Waals surface area contributed by atoms with E-state index in [2.05, 4.69) is 17.0 Å². The highest BCUT2D eigenvalue weighted by Gasteiger charge is 2.15. The van der Waals surface area contributed by atoms with E-state index in [9.17, 15) is 13.2 Å². The van der Waals surface area contributed by atoms with E-state index in [1.54, 1.807) is 12.1 Å². The summed E-state index contributed by atoms with van der Waals surface area (Å²) in [6.45, 7) is 2.35. The van der Waals surface area contributed by atoms with Crippen LogP contribution in [0.25, 0.3) is 0 Å². The summed E-state index contributed by atoms with van der Waals surface area (Å²) in [7, 11) is -3.71. The van der Waals surface area contributed by atoms with E-state index in [4.69, 9.17) is 11.6 Å². The lowest BCUT2D eigenvalue weighted by molar-refractivity contribution is -0.119. The Kier molecular flexibility index (Phi) is 6.98. The van der Waals surface area contributed by atoms with Crippen molar-refractivity contribution in [1.82, 2.24) is 10.0 Å². The number of carbonyl (C=O) groups excluding carboxylic acids is 1. The van der Waals surface area contributed by atoms with E-state index in [-0.39, 0.29) is 17.3 Å². The third-order valence-electron chi connectivity index (χ3n) is 2.63. The van der Waals surface area contributed by atoms with Crippen LogP contribution in [0.4, 0.5) is 0 Å². The number of hydrogen-bond donors (Lipinski definition) is 2. The fourth-order valence-corrected chi connectivity index (χ4v) is 2.83. The van der Waals surface area contributed by atoms with Crippen molar-refractivity contribution in [2.24, 2.45) is 0 Å². The van der Waals surface area contributed by atoms with Gasteiger partial charge in [0.1, 0.15) is 0 Å². The number of unbranched alkanes of at least 4 members (excludes halogenated alkanes) is 2. The molecule has 0 fully saturated rings. The first-order chi connectivity index (χ1) is 9.45. The number of halogens is 1. The van der Waals surface area contributed by atoms with Gasteiger partial charge >= 0.3 is 0 Å². The number of sulfonamides is 1. The van der Waals surface area contributed by atoms with Crippen LogP contribution in [0.1, 0.15) is 26.2 Å². The number of benzene rings is 1. The summed E-state index contributed by atoms with van der Waals surface area (Å²) in [4.78, 5) is 11.5. The molecule has 0 radical (unpaired) electrons. The maximum Gasteiger partial charge on any atom is 0.241 e. The molecule has 0 aliphatic heterocycles. The average molecular weight is 319 g/mol. The fourth-order valence-electron chi connectivity index (χ4n) is 1.54. The summed E-state index contributed by atoms with van der Waals surface area (Å²) in [5.74, 6) is -0.341. The van der Waals surface area contributed by atoms with Crippen LogP contribution in [0.15, 0.2) is 29.2 Å². The molecule has 1 aromatic rings. The minimum atomic E-state index is -3.71. The summed E-state index contributed by atoms with van der Waals surface area (Å²) in [6.07, 6.45) is 3.00. The van der Waals surface area contributed by atoms with Gasteiger partial charge < -0.3 is 5.32 Å². The molecular weight excluding hydrogens is 300 g/mol. The van der Waals surface area contributed by atoms with Crippen molar-refractivity contribution in [3.8, 4) is 0 Å². The molecule has 5 nitrogen and oxygen atoms in total. The van der Waals surface area contributed by atoms with Crippen molar-refractivity contribution in [3.63, 3.8) is 0 Å². The molecule has 0 unspecified atom stereocenters. The zero-order valence-electron chi connectivity index (χ0n) is 11.4.